The first-order valence-electron chi connectivity index (χ1n) is 11.8. The highest BCUT2D eigenvalue weighted by atomic mass is 32.2. The number of carbonyl (C=O) groups excluding carboxylic acids is 1. The predicted octanol–water partition coefficient (Wildman–Crippen LogP) is 4.71. The molecule has 0 aromatic heterocycles. The van der Waals surface area contributed by atoms with Crippen LogP contribution < -0.4 is 0 Å². The smallest absolute Gasteiger partial charge is 0.315 e. The first-order valence-corrected chi connectivity index (χ1v) is 13.3. The molecule has 0 aromatic rings. The fraction of sp³-hybridized carbons (Fsp3) is 0.840. The van der Waals surface area contributed by atoms with Gasteiger partial charge >= 0.3 is 5.97 Å². The van der Waals surface area contributed by atoms with Gasteiger partial charge in [0.2, 0.25) is 0 Å². The van der Waals surface area contributed by atoms with Crippen LogP contribution in [0.1, 0.15) is 66.7 Å². The number of carboxylic acids is 1. The molecule has 4 nitrogen and oxygen atoms in total. The van der Waals surface area contributed by atoms with Gasteiger partial charge in [0.1, 0.15) is 11.7 Å². The van der Waals surface area contributed by atoms with Crippen molar-refractivity contribution in [2.24, 2.45) is 51.8 Å². The topological polar surface area (TPSA) is 71.4 Å². The molecule has 168 valence electrons. The van der Waals surface area contributed by atoms with Crippen molar-refractivity contribution in [3.05, 3.63) is 11.6 Å². The maximum atomic E-state index is 13.3. The minimum atomic E-state index is -1.18. The van der Waals surface area contributed by atoms with E-state index in [2.05, 4.69) is 40.7 Å². The Morgan fingerprint density at radius 3 is 2.53 bits per heavy atom. The molecule has 4 rings (SSSR count). The highest BCUT2D eigenvalue weighted by Gasteiger charge is 2.84. The van der Waals surface area contributed by atoms with E-state index in [0.717, 1.165) is 37.5 Å². The maximum Gasteiger partial charge on any atom is 0.315 e. The van der Waals surface area contributed by atoms with Crippen LogP contribution in [-0.4, -0.2) is 33.1 Å². The number of hydrogen-bond donors (Lipinski definition) is 1. The average Bonchev–Trinajstić information content (AvgIpc) is 3.23. The van der Waals surface area contributed by atoms with Gasteiger partial charge in [-0.05, 0) is 61.2 Å². The minimum absolute atomic E-state index is 0.0528. The molecule has 0 aliphatic heterocycles. The van der Waals surface area contributed by atoms with Gasteiger partial charge in [0.05, 0.1) is 5.41 Å². The third kappa shape index (κ3) is 2.53. The minimum Gasteiger partial charge on any atom is -0.481 e. The standard InChI is InChI=1S/C25H38O4S/c1-15(2)8-9-30(29)14-24-12-19-17(5)6-7-20(19)23(13-26)11-18(24)10-21(16(3)4)25(23,24)22(27)28/h10,13,15-20H,6-9,11-12,14H2,1-5H3,(H,27,28)/t17-,18?,19-,20-,23?,24?,25+,30?/m1/s1. The molecule has 0 saturated heterocycles. The van der Waals surface area contributed by atoms with Crippen molar-refractivity contribution in [1.82, 2.24) is 0 Å². The van der Waals surface area contributed by atoms with Crippen LogP contribution in [0.5, 0.6) is 0 Å². The van der Waals surface area contributed by atoms with Crippen molar-refractivity contribution in [3.63, 3.8) is 0 Å². The number of carbonyl (C=O) groups is 2. The molecule has 3 saturated carbocycles. The highest BCUT2D eigenvalue weighted by molar-refractivity contribution is 7.85. The fourth-order valence-electron chi connectivity index (χ4n) is 8.36. The molecular formula is C25H38O4S. The summed E-state index contributed by atoms with van der Waals surface area (Å²) in [6.07, 6.45) is 7.60. The summed E-state index contributed by atoms with van der Waals surface area (Å²) in [5.41, 5.74) is -1.66. The lowest BCUT2D eigenvalue weighted by Crippen LogP contribution is -2.63. The van der Waals surface area contributed by atoms with Gasteiger partial charge in [-0.3, -0.25) is 9.00 Å². The largest absolute Gasteiger partial charge is 0.481 e. The van der Waals surface area contributed by atoms with Crippen molar-refractivity contribution in [1.29, 1.82) is 0 Å². The molecule has 0 amide bonds. The van der Waals surface area contributed by atoms with Gasteiger partial charge in [0, 0.05) is 27.7 Å². The summed E-state index contributed by atoms with van der Waals surface area (Å²) in [5, 5.41) is 10.9. The summed E-state index contributed by atoms with van der Waals surface area (Å²) in [6, 6.07) is 0. The Morgan fingerprint density at radius 1 is 1.27 bits per heavy atom. The lowest BCUT2D eigenvalue weighted by molar-refractivity contribution is -0.177. The van der Waals surface area contributed by atoms with E-state index in [4.69, 9.17) is 0 Å². The summed E-state index contributed by atoms with van der Waals surface area (Å²) >= 11 is 0. The Kier molecular flexibility index (Phi) is 5.40. The van der Waals surface area contributed by atoms with Gasteiger partial charge in [-0.25, -0.2) is 0 Å². The van der Waals surface area contributed by atoms with Crippen molar-refractivity contribution in [2.75, 3.05) is 11.5 Å². The molecule has 0 radical (unpaired) electrons. The molecule has 0 aromatic carbocycles. The molecule has 1 N–H and O–H groups in total. The van der Waals surface area contributed by atoms with Crippen LogP contribution in [0.4, 0.5) is 0 Å². The van der Waals surface area contributed by atoms with Crippen LogP contribution in [0, 0.1) is 51.8 Å². The summed E-state index contributed by atoms with van der Waals surface area (Å²) in [4.78, 5) is 26.2. The third-order valence-corrected chi connectivity index (χ3v) is 11.0. The monoisotopic (exact) mass is 434 g/mol. The SMILES string of the molecule is CC(C)CCS(=O)CC12C[C@@H]3[C@H](C)CC[C@H]3C3(C=O)CC1C=C(C(C)C)[C@@]23C(=O)O. The van der Waals surface area contributed by atoms with Gasteiger partial charge in [-0.2, -0.15) is 0 Å². The number of aldehydes is 1. The number of allylic oxidation sites excluding steroid dienone is 1. The van der Waals surface area contributed by atoms with Gasteiger partial charge in [0.25, 0.3) is 0 Å². The van der Waals surface area contributed by atoms with Crippen LogP contribution in [0.3, 0.4) is 0 Å². The number of hydrogen-bond acceptors (Lipinski definition) is 3. The van der Waals surface area contributed by atoms with Crippen LogP contribution >= 0.6 is 0 Å². The van der Waals surface area contributed by atoms with E-state index in [0.29, 0.717) is 35.7 Å². The van der Waals surface area contributed by atoms with E-state index < -0.39 is 33.0 Å². The normalized spacial score (nSPS) is 45.0. The Balaban J connectivity index is 1.88. The van der Waals surface area contributed by atoms with Crippen LogP contribution in [0.25, 0.3) is 0 Å². The molecule has 0 heterocycles. The van der Waals surface area contributed by atoms with Gasteiger partial charge in [-0.1, -0.05) is 52.7 Å². The molecule has 4 unspecified atom stereocenters. The van der Waals surface area contributed by atoms with E-state index >= 15 is 0 Å². The van der Waals surface area contributed by atoms with Crippen LogP contribution in [0.15, 0.2) is 11.6 Å². The number of fused-ring (bicyclic) bond motifs is 2. The zero-order valence-electron chi connectivity index (χ0n) is 19.1. The maximum absolute atomic E-state index is 13.3. The molecule has 4 bridgehead atoms. The summed E-state index contributed by atoms with van der Waals surface area (Å²) in [7, 11) is -1.07. The van der Waals surface area contributed by atoms with E-state index in [-0.39, 0.29) is 17.8 Å². The second-order valence-corrected chi connectivity index (χ2v) is 13.0. The fourth-order valence-corrected chi connectivity index (χ4v) is 10.4. The lowest BCUT2D eigenvalue weighted by Gasteiger charge is -2.58. The van der Waals surface area contributed by atoms with Crippen molar-refractivity contribution in [2.45, 2.75) is 66.7 Å². The van der Waals surface area contributed by atoms with Gasteiger partial charge < -0.3 is 9.90 Å². The molecule has 8 atom stereocenters. The van der Waals surface area contributed by atoms with E-state index in [9.17, 15) is 18.9 Å². The van der Waals surface area contributed by atoms with E-state index in [1.807, 2.05) is 0 Å². The summed E-state index contributed by atoms with van der Waals surface area (Å²) in [5.74, 6) is 1.83. The summed E-state index contributed by atoms with van der Waals surface area (Å²) < 4.78 is 13.3. The van der Waals surface area contributed by atoms with E-state index in [1.54, 1.807) is 0 Å². The van der Waals surface area contributed by atoms with Crippen molar-refractivity contribution in [3.8, 4) is 0 Å². The second-order valence-electron chi connectivity index (χ2n) is 11.5. The average molecular weight is 435 g/mol. The number of aliphatic carboxylic acids is 1. The quantitative estimate of drug-likeness (QED) is 0.444. The predicted molar refractivity (Wildman–Crippen MR) is 119 cm³/mol. The molecule has 4 aliphatic rings. The third-order valence-electron chi connectivity index (χ3n) is 9.46. The molecule has 0 spiro atoms. The first-order chi connectivity index (χ1) is 14.1. The molecule has 4 aliphatic carbocycles. The van der Waals surface area contributed by atoms with E-state index in [1.165, 1.54) is 0 Å². The molecule has 3 fully saturated rings. The Hall–Kier alpha value is -0.970. The second kappa shape index (κ2) is 7.28. The number of rotatable bonds is 8. The zero-order valence-corrected chi connectivity index (χ0v) is 20.0. The van der Waals surface area contributed by atoms with Crippen molar-refractivity contribution < 1.29 is 18.9 Å². The van der Waals surface area contributed by atoms with Gasteiger partial charge in [-0.15, -0.1) is 0 Å². The summed E-state index contributed by atoms with van der Waals surface area (Å²) in [6.45, 7) is 10.7. The van der Waals surface area contributed by atoms with Crippen LogP contribution in [0.2, 0.25) is 0 Å². The Morgan fingerprint density at radius 2 is 1.97 bits per heavy atom. The first kappa shape index (κ1) is 22.2. The molecular weight excluding hydrogens is 396 g/mol. The Bertz CT molecular complexity index is 801. The van der Waals surface area contributed by atoms with Gasteiger partial charge in [0.15, 0.2) is 0 Å². The number of carboxylic acid groups (broad SMARTS) is 1. The zero-order chi connectivity index (χ0) is 22.1. The highest BCUT2D eigenvalue weighted by Crippen LogP contribution is 2.82. The van der Waals surface area contributed by atoms with Crippen molar-refractivity contribution >= 4 is 23.1 Å². The van der Waals surface area contributed by atoms with Crippen LogP contribution in [-0.2, 0) is 20.4 Å². The molecule has 30 heavy (non-hydrogen) atoms. The molecule has 5 heteroatoms. The Labute approximate surface area is 183 Å². The lowest BCUT2D eigenvalue weighted by atomic mass is 9.43.